The zero-order chi connectivity index (χ0) is 26.2. The fourth-order valence-electron chi connectivity index (χ4n) is 6.65. The summed E-state index contributed by atoms with van der Waals surface area (Å²) >= 11 is 3.73. The Kier molecular flexibility index (Phi) is 4.74. The van der Waals surface area contributed by atoms with Crippen LogP contribution in [0, 0.1) is 0 Å². The molecule has 0 bridgehead atoms. The molecule has 0 N–H and O–H groups in total. The molecule has 0 nitrogen and oxygen atoms in total. The second-order valence-electron chi connectivity index (χ2n) is 10.5. The Balaban J connectivity index is 1.39. The SMILES string of the molecule is c1ccc2c(-c3c4ccccc4c(-c4ccc5c(c4)sc4ccc6sccc6c45)c4ccccc34)cccc2c1. The van der Waals surface area contributed by atoms with Crippen molar-refractivity contribution in [2.75, 3.05) is 0 Å². The standard InChI is InChI=1S/C38H22S2/c1-2-10-25-23(8-1)9-7-15-26(25)37-29-13-5-3-11-27(29)36(28-12-4-6-14-30(28)37)24-16-17-31-35(22-24)40-34-19-18-33-32(38(31)34)20-21-39-33/h1-22H. The van der Waals surface area contributed by atoms with Crippen LogP contribution in [0.4, 0.5) is 0 Å². The molecule has 0 saturated heterocycles. The summed E-state index contributed by atoms with van der Waals surface area (Å²) < 4.78 is 4.06. The highest BCUT2D eigenvalue weighted by molar-refractivity contribution is 7.26. The lowest BCUT2D eigenvalue weighted by Crippen LogP contribution is -1.91. The van der Waals surface area contributed by atoms with Crippen LogP contribution in [0.3, 0.4) is 0 Å². The molecule has 0 unspecified atom stereocenters. The van der Waals surface area contributed by atoms with Gasteiger partial charge in [-0.2, -0.15) is 0 Å². The topological polar surface area (TPSA) is 0 Å². The van der Waals surface area contributed by atoms with Crippen molar-refractivity contribution in [1.82, 2.24) is 0 Å². The van der Waals surface area contributed by atoms with Gasteiger partial charge in [-0.25, -0.2) is 0 Å². The molecule has 0 amide bonds. The molecule has 2 aromatic heterocycles. The lowest BCUT2D eigenvalue weighted by molar-refractivity contribution is 1.69. The third kappa shape index (κ3) is 3.12. The molecule has 0 aliphatic rings. The monoisotopic (exact) mass is 542 g/mol. The minimum Gasteiger partial charge on any atom is -0.144 e. The third-order valence-electron chi connectivity index (χ3n) is 8.35. The number of hydrogen-bond acceptors (Lipinski definition) is 2. The maximum atomic E-state index is 2.42. The van der Waals surface area contributed by atoms with Crippen LogP contribution >= 0.6 is 22.7 Å². The summed E-state index contributed by atoms with van der Waals surface area (Å²) in [5.74, 6) is 0. The Hall–Kier alpha value is -4.50. The van der Waals surface area contributed by atoms with E-state index in [1.54, 1.807) is 0 Å². The number of fused-ring (bicyclic) bond motifs is 8. The Morgan fingerprint density at radius 3 is 1.80 bits per heavy atom. The highest BCUT2D eigenvalue weighted by Gasteiger charge is 2.18. The molecule has 9 aromatic rings. The summed E-state index contributed by atoms with van der Waals surface area (Å²) in [4.78, 5) is 0. The van der Waals surface area contributed by atoms with E-state index in [0.29, 0.717) is 0 Å². The van der Waals surface area contributed by atoms with Crippen molar-refractivity contribution < 1.29 is 0 Å². The molecule has 0 aliphatic carbocycles. The van der Waals surface area contributed by atoms with Crippen molar-refractivity contribution >= 4 is 85.2 Å². The molecule has 0 spiro atoms. The molecule has 186 valence electrons. The summed E-state index contributed by atoms with van der Waals surface area (Å²) in [6.07, 6.45) is 0. The quantitative estimate of drug-likeness (QED) is 0.191. The van der Waals surface area contributed by atoms with E-state index in [0.717, 1.165) is 0 Å². The Morgan fingerprint density at radius 1 is 0.400 bits per heavy atom. The van der Waals surface area contributed by atoms with Crippen LogP contribution < -0.4 is 0 Å². The van der Waals surface area contributed by atoms with E-state index in [9.17, 15) is 0 Å². The molecule has 0 saturated carbocycles. The van der Waals surface area contributed by atoms with Crippen LogP contribution in [0.2, 0.25) is 0 Å². The minimum absolute atomic E-state index is 1.27. The first-order valence-electron chi connectivity index (χ1n) is 13.6. The summed E-state index contributed by atoms with van der Waals surface area (Å²) in [5.41, 5.74) is 5.19. The van der Waals surface area contributed by atoms with Gasteiger partial charge in [-0.3, -0.25) is 0 Å². The van der Waals surface area contributed by atoms with Crippen molar-refractivity contribution in [3.63, 3.8) is 0 Å². The van der Waals surface area contributed by atoms with E-state index < -0.39 is 0 Å². The molecule has 7 aromatic carbocycles. The Morgan fingerprint density at radius 2 is 1.02 bits per heavy atom. The van der Waals surface area contributed by atoms with Gasteiger partial charge in [0.1, 0.15) is 0 Å². The van der Waals surface area contributed by atoms with Crippen LogP contribution in [-0.2, 0) is 0 Å². The number of hydrogen-bond donors (Lipinski definition) is 0. The molecule has 0 atom stereocenters. The largest absolute Gasteiger partial charge is 0.144 e. The van der Waals surface area contributed by atoms with Gasteiger partial charge < -0.3 is 0 Å². The molecule has 2 heterocycles. The van der Waals surface area contributed by atoms with Gasteiger partial charge in [0.25, 0.3) is 0 Å². The van der Waals surface area contributed by atoms with Gasteiger partial charge in [0, 0.05) is 30.3 Å². The molecular weight excluding hydrogens is 521 g/mol. The van der Waals surface area contributed by atoms with Gasteiger partial charge in [-0.15, -0.1) is 22.7 Å². The van der Waals surface area contributed by atoms with Gasteiger partial charge in [-0.05, 0) is 84.2 Å². The first-order valence-corrected chi connectivity index (χ1v) is 15.3. The van der Waals surface area contributed by atoms with Crippen molar-refractivity contribution in [3.05, 3.63) is 133 Å². The lowest BCUT2D eigenvalue weighted by Gasteiger charge is -2.18. The van der Waals surface area contributed by atoms with Gasteiger partial charge in [0.15, 0.2) is 0 Å². The maximum absolute atomic E-state index is 2.42. The van der Waals surface area contributed by atoms with E-state index >= 15 is 0 Å². The van der Waals surface area contributed by atoms with E-state index in [2.05, 4.69) is 133 Å². The highest BCUT2D eigenvalue weighted by atomic mass is 32.1. The summed E-state index contributed by atoms with van der Waals surface area (Å²) in [6, 6.07) is 47.3. The van der Waals surface area contributed by atoms with Crippen LogP contribution in [0.25, 0.3) is 84.8 Å². The summed E-state index contributed by atoms with van der Waals surface area (Å²) in [7, 11) is 0. The second kappa shape index (κ2) is 8.50. The summed E-state index contributed by atoms with van der Waals surface area (Å²) in [6.45, 7) is 0. The van der Waals surface area contributed by atoms with Crippen LogP contribution in [0.5, 0.6) is 0 Å². The maximum Gasteiger partial charge on any atom is 0.0362 e. The van der Waals surface area contributed by atoms with E-state index in [1.807, 2.05) is 22.7 Å². The van der Waals surface area contributed by atoms with Gasteiger partial charge in [0.2, 0.25) is 0 Å². The zero-order valence-electron chi connectivity index (χ0n) is 21.5. The summed E-state index contributed by atoms with van der Waals surface area (Å²) in [5, 5.41) is 14.1. The highest BCUT2D eigenvalue weighted by Crippen LogP contribution is 2.47. The zero-order valence-corrected chi connectivity index (χ0v) is 23.2. The molecule has 0 radical (unpaired) electrons. The van der Waals surface area contributed by atoms with Crippen molar-refractivity contribution in [2.45, 2.75) is 0 Å². The molecule has 9 rings (SSSR count). The third-order valence-corrected chi connectivity index (χ3v) is 10.3. The van der Waals surface area contributed by atoms with Crippen molar-refractivity contribution in [2.24, 2.45) is 0 Å². The number of thiophene rings is 2. The fourth-order valence-corrected chi connectivity index (χ4v) is 8.60. The fraction of sp³-hybridized carbons (Fsp3) is 0. The molecular formula is C38H22S2. The average Bonchev–Trinajstić information content (AvgIpc) is 3.63. The molecule has 2 heteroatoms. The average molecular weight is 543 g/mol. The van der Waals surface area contributed by atoms with Crippen molar-refractivity contribution in [1.29, 1.82) is 0 Å². The first kappa shape index (κ1) is 22.3. The predicted octanol–water partition coefficient (Wildman–Crippen LogP) is 12.1. The molecule has 0 aliphatic heterocycles. The molecule has 40 heavy (non-hydrogen) atoms. The first-order chi connectivity index (χ1) is 19.8. The van der Waals surface area contributed by atoms with Crippen LogP contribution in [-0.4, -0.2) is 0 Å². The van der Waals surface area contributed by atoms with Gasteiger partial charge in [-0.1, -0.05) is 103 Å². The Labute approximate surface area is 239 Å². The van der Waals surface area contributed by atoms with Crippen LogP contribution in [0.1, 0.15) is 0 Å². The molecule has 0 fully saturated rings. The normalized spacial score (nSPS) is 12.0. The minimum atomic E-state index is 1.27. The second-order valence-corrected chi connectivity index (χ2v) is 12.5. The van der Waals surface area contributed by atoms with Gasteiger partial charge >= 0.3 is 0 Å². The lowest BCUT2D eigenvalue weighted by atomic mass is 9.84. The Bertz CT molecular complexity index is 2370. The van der Waals surface area contributed by atoms with E-state index in [4.69, 9.17) is 0 Å². The van der Waals surface area contributed by atoms with Crippen molar-refractivity contribution in [3.8, 4) is 22.3 Å². The van der Waals surface area contributed by atoms with Gasteiger partial charge in [0.05, 0.1) is 0 Å². The van der Waals surface area contributed by atoms with E-state index in [1.165, 1.54) is 84.8 Å². The smallest absolute Gasteiger partial charge is 0.0362 e. The van der Waals surface area contributed by atoms with Crippen LogP contribution in [0.15, 0.2) is 133 Å². The predicted molar refractivity (Wildman–Crippen MR) is 178 cm³/mol. The number of benzene rings is 7. The van der Waals surface area contributed by atoms with E-state index in [-0.39, 0.29) is 0 Å². The number of rotatable bonds is 2.